The molecule has 2 aromatic carbocycles. The highest BCUT2D eigenvalue weighted by Crippen LogP contribution is 2.45. The topological polar surface area (TPSA) is 116 Å². The maximum atomic E-state index is 13.2. The molecule has 1 fully saturated rings. The molecule has 4 atom stereocenters. The second-order valence-corrected chi connectivity index (χ2v) is 7.36. The maximum absolute atomic E-state index is 13.2. The first-order valence-corrected chi connectivity index (χ1v) is 9.60. The SMILES string of the molecule is COC(=O)C1C(=O)N(C=O)C(c2ccc(Cl)cc2)C([N+](=O)[O-])C1c1ccc(OC)cc1. The van der Waals surface area contributed by atoms with Gasteiger partial charge in [-0.3, -0.25) is 29.4 Å². The second kappa shape index (κ2) is 9.13. The van der Waals surface area contributed by atoms with Crippen LogP contribution in [0.5, 0.6) is 5.75 Å². The molecule has 4 unspecified atom stereocenters. The summed E-state index contributed by atoms with van der Waals surface area (Å²) in [5, 5.41) is 12.7. The summed E-state index contributed by atoms with van der Waals surface area (Å²) in [4.78, 5) is 50.0. The number of hydrogen-bond donors (Lipinski definition) is 0. The van der Waals surface area contributed by atoms with Crippen molar-refractivity contribution in [1.29, 1.82) is 0 Å². The summed E-state index contributed by atoms with van der Waals surface area (Å²) < 4.78 is 9.89. The highest BCUT2D eigenvalue weighted by atomic mass is 35.5. The molecule has 10 heteroatoms. The van der Waals surface area contributed by atoms with E-state index in [0.717, 1.165) is 7.11 Å². The summed E-state index contributed by atoms with van der Waals surface area (Å²) in [5.41, 5.74) is 0.712. The molecule has 3 rings (SSSR count). The van der Waals surface area contributed by atoms with E-state index in [1.165, 1.54) is 31.4 Å². The van der Waals surface area contributed by atoms with Crippen molar-refractivity contribution >= 4 is 29.9 Å². The highest BCUT2D eigenvalue weighted by Gasteiger charge is 2.58. The fourth-order valence-electron chi connectivity index (χ4n) is 3.98. The Morgan fingerprint density at radius 1 is 1.10 bits per heavy atom. The lowest BCUT2D eigenvalue weighted by Gasteiger charge is -2.41. The number of benzene rings is 2. The van der Waals surface area contributed by atoms with Crippen molar-refractivity contribution in [3.8, 4) is 5.75 Å². The number of hydrogen-bond acceptors (Lipinski definition) is 7. The standard InChI is InChI=1S/C21H19ClN2O7/c1-30-15-9-5-12(6-10-15)16-17(21(27)31-2)20(26)23(11-25)18(19(16)24(28)29)13-3-7-14(22)8-4-13/h3-11,16-19H,1-2H3. The number of rotatable bonds is 6. The Bertz CT molecular complexity index is 994. The van der Waals surface area contributed by atoms with Gasteiger partial charge in [0.25, 0.3) is 0 Å². The average molecular weight is 447 g/mol. The molecule has 0 radical (unpaired) electrons. The smallest absolute Gasteiger partial charge is 0.319 e. The normalized spacial score (nSPS) is 23.2. The summed E-state index contributed by atoms with van der Waals surface area (Å²) >= 11 is 5.93. The van der Waals surface area contributed by atoms with Gasteiger partial charge in [0.1, 0.15) is 17.7 Å². The van der Waals surface area contributed by atoms with Crippen molar-refractivity contribution < 1.29 is 28.8 Å². The van der Waals surface area contributed by atoms with Crippen LogP contribution in [0.15, 0.2) is 48.5 Å². The molecule has 0 spiro atoms. The third kappa shape index (κ3) is 4.09. The fraction of sp³-hybridized carbons (Fsp3) is 0.286. The molecule has 2 aromatic rings. The van der Waals surface area contributed by atoms with Crippen LogP contribution in [-0.4, -0.2) is 48.4 Å². The van der Waals surface area contributed by atoms with Gasteiger partial charge < -0.3 is 9.47 Å². The molecule has 2 amide bonds. The number of ether oxygens (including phenoxy) is 2. The van der Waals surface area contributed by atoms with Crippen LogP contribution in [0.1, 0.15) is 23.1 Å². The molecular weight excluding hydrogens is 428 g/mol. The van der Waals surface area contributed by atoms with Crippen LogP contribution in [0.2, 0.25) is 5.02 Å². The summed E-state index contributed by atoms with van der Waals surface area (Å²) in [6.07, 6.45) is 0.207. The van der Waals surface area contributed by atoms with Gasteiger partial charge >= 0.3 is 5.97 Å². The molecule has 0 aliphatic carbocycles. The van der Waals surface area contributed by atoms with E-state index in [1.807, 2.05) is 0 Å². The van der Waals surface area contributed by atoms with Gasteiger partial charge in [0.2, 0.25) is 18.4 Å². The van der Waals surface area contributed by atoms with Gasteiger partial charge in [-0.05, 0) is 35.4 Å². The molecule has 9 nitrogen and oxygen atoms in total. The van der Waals surface area contributed by atoms with Crippen LogP contribution in [0.25, 0.3) is 0 Å². The van der Waals surface area contributed by atoms with Crippen LogP contribution in [0, 0.1) is 16.0 Å². The van der Waals surface area contributed by atoms with E-state index >= 15 is 0 Å². The Balaban J connectivity index is 2.23. The van der Waals surface area contributed by atoms with Crippen molar-refractivity contribution in [2.75, 3.05) is 14.2 Å². The first kappa shape index (κ1) is 22.2. The van der Waals surface area contributed by atoms with E-state index in [4.69, 9.17) is 21.1 Å². The summed E-state index contributed by atoms with van der Waals surface area (Å²) in [6.45, 7) is 0. The maximum Gasteiger partial charge on any atom is 0.319 e. The lowest BCUT2D eigenvalue weighted by molar-refractivity contribution is -0.537. The van der Waals surface area contributed by atoms with Gasteiger partial charge in [0, 0.05) is 9.95 Å². The molecular formula is C21H19ClN2O7. The molecule has 1 aliphatic rings. The Morgan fingerprint density at radius 2 is 1.68 bits per heavy atom. The molecule has 31 heavy (non-hydrogen) atoms. The minimum Gasteiger partial charge on any atom is -0.497 e. The molecule has 1 aliphatic heterocycles. The Kier molecular flexibility index (Phi) is 6.55. The zero-order chi connectivity index (χ0) is 22.7. The van der Waals surface area contributed by atoms with E-state index in [2.05, 4.69) is 0 Å². The molecule has 1 heterocycles. The number of esters is 1. The summed E-state index contributed by atoms with van der Waals surface area (Å²) in [7, 11) is 2.55. The average Bonchev–Trinajstić information content (AvgIpc) is 2.78. The number of likely N-dealkylation sites (tertiary alicyclic amines) is 1. The van der Waals surface area contributed by atoms with Crippen LogP contribution in [-0.2, 0) is 19.1 Å². The fourth-order valence-corrected chi connectivity index (χ4v) is 4.11. The number of halogens is 1. The molecule has 0 saturated carbocycles. The monoisotopic (exact) mass is 446 g/mol. The van der Waals surface area contributed by atoms with Crippen molar-refractivity contribution in [3.63, 3.8) is 0 Å². The summed E-state index contributed by atoms with van der Waals surface area (Å²) in [5.74, 6) is -4.08. The third-order valence-corrected chi connectivity index (χ3v) is 5.65. The zero-order valence-electron chi connectivity index (χ0n) is 16.6. The molecule has 0 N–H and O–H groups in total. The van der Waals surface area contributed by atoms with Gasteiger partial charge in [0.05, 0.1) is 20.1 Å². The highest BCUT2D eigenvalue weighted by molar-refractivity contribution is 6.30. The van der Waals surface area contributed by atoms with E-state index < -0.39 is 40.7 Å². The molecule has 0 aromatic heterocycles. The van der Waals surface area contributed by atoms with Gasteiger partial charge in [-0.25, -0.2) is 0 Å². The Labute approximate surface area is 182 Å². The first-order valence-electron chi connectivity index (χ1n) is 9.22. The number of carbonyl (C=O) groups is 3. The number of piperidine rings is 1. The van der Waals surface area contributed by atoms with E-state index in [1.54, 1.807) is 24.3 Å². The quantitative estimate of drug-likeness (QED) is 0.220. The predicted molar refractivity (Wildman–Crippen MR) is 109 cm³/mol. The Hall–Kier alpha value is -3.46. The Morgan fingerprint density at radius 3 is 2.16 bits per heavy atom. The number of methoxy groups -OCH3 is 2. The van der Waals surface area contributed by atoms with E-state index in [-0.39, 0.29) is 6.41 Å². The lowest BCUT2D eigenvalue weighted by Crippen LogP contribution is -2.57. The minimum atomic E-state index is -1.57. The third-order valence-electron chi connectivity index (χ3n) is 5.40. The van der Waals surface area contributed by atoms with Crippen LogP contribution >= 0.6 is 11.6 Å². The van der Waals surface area contributed by atoms with Gasteiger partial charge in [-0.15, -0.1) is 0 Å². The van der Waals surface area contributed by atoms with Crippen molar-refractivity contribution in [2.24, 2.45) is 5.92 Å². The predicted octanol–water partition coefficient (Wildman–Crippen LogP) is 2.61. The number of nitro groups is 1. The molecule has 1 saturated heterocycles. The van der Waals surface area contributed by atoms with Crippen LogP contribution < -0.4 is 4.74 Å². The van der Waals surface area contributed by atoms with Crippen molar-refractivity contribution in [2.45, 2.75) is 18.0 Å². The number of imide groups is 1. The van der Waals surface area contributed by atoms with Crippen LogP contribution in [0.3, 0.4) is 0 Å². The van der Waals surface area contributed by atoms with Gasteiger partial charge in [0.15, 0.2) is 0 Å². The van der Waals surface area contributed by atoms with Crippen molar-refractivity contribution in [3.05, 3.63) is 74.8 Å². The van der Waals surface area contributed by atoms with E-state index in [0.29, 0.717) is 26.8 Å². The minimum absolute atomic E-state index is 0.207. The van der Waals surface area contributed by atoms with E-state index in [9.17, 15) is 24.5 Å². The lowest BCUT2D eigenvalue weighted by atomic mass is 9.72. The van der Waals surface area contributed by atoms with Crippen molar-refractivity contribution in [1.82, 2.24) is 4.90 Å². The van der Waals surface area contributed by atoms with Gasteiger partial charge in [-0.1, -0.05) is 35.9 Å². The molecule has 162 valence electrons. The number of amides is 2. The van der Waals surface area contributed by atoms with Gasteiger partial charge in [-0.2, -0.15) is 0 Å². The number of nitrogens with zero attached hydrogens (tertiary/aromatic N) is 2. The molecule has 0 bridgehead atoms. The number of carbonyl (C=O) groups excluding carboxylic acids is 3. The largest absolute Gasteiger partial charge is 0.497 e. The first-order chi connectivity index (χ1) is 14.8. The second-order valence-electron chi connectivity index (χ2n) is 6.92. The van der Waals surface area contributed by atoms with Crippen LogP contribution in [0.4, 0.5) is 0 Å². The zero-order valence-corrected chi connectivity index (χ0v) is 17.4. The summed E-state index contributed by atoms with van der Waals surface area (Å²) in [6, 6.07) is 9.55.